The molecule has 1 aromatic rings. The molecule has 1 N–H and O–H groups in total. The Morgan fingerprint density at radius 3 is 2.39 bits per heavy atom. The highest BCUT2D eigenvalue weighted by Crippen LogP contribution is 2.17. The molecule has 0 aliphatic rings. The van der Waals surface area contributed by atoms with Gasteiger partial charge in [-0.05, 0) is 26.0 Å². The Kier molecular flexibility index (Phi) is 4.72. The Labute approximate surface area is 103 Å². The first-order valence-electron chi connectivity index (χ1n) is 5.45. The predicted molar refractivity (Wildman–Crippen MR) is 59.6 cm³/mol. The van der Waals surface area contributed by atoms with Crippen LogP contribution in [-0.4, -0.2) is 35.1 Å². The van der Waals surface area contributed by atoms with E-state index in [4.69, 9.17) is 5.11 Å². The quantitative estimate of drug-likeness (QED) is 0.841. The van der Waals surface area contributed by atoms with E-state index in [1.54, 1.807) is 13.8 Å². The van der Waals surface area contributed by atoms with Crippen molar-refractivity contribution in [1.82, 2.24) is 4.90 Å². The topological polar surface area (TPSA) is 40.5 Å². The summed E-state index contributed by atoms with van der Waals surface area (Å²) in [6.07, 6.45) is 0. The second-order valence-corrected chi connectivity index (χ2v) is 4.04. The molecule has 0 saturated heterocycles. The molecule has 0 aromatic heterocycles. The van der Waals surface area contributed by atoms with E-state index in [9.17, 15) is 18.0 Å². The smallest absolute Gasteiger partial charge is 0.257 e. The van der Waals surface area contributed by atoms with Crippen molar-refractivity contribution in [3.05, 3.63) is 35.1 Å². The maximum Gasteiger partial charge on any atom is 0.257 e. The van der Waals surface area contributed by atoms with Gasteiger partial charge in [0.2, 0.25) is 0 Å². The Bertz CT molecular complexity index is 449. The van der Waals surface area contributed by atoms with Gasteiger partial charge >= 0.3 is 0 Å². The molecule has 0 fully saturated rings. The number of halogens is 3. The van der Waals surface area contributed by atoms with Crippen molar-refractivity contribution in [3.8, 4) is 0 Å². The SMILES string of the molecule is CC(C)N(CCO)C(=O)c1ccc(F)c(F)c1F. The molecule has 1 amide bonds. The number of carbonyl (C=O) groups is 1. The molecule has 0 aliphatic carbocycles. The lowest BCUT2D eigenvalue weighted by molar-refractivity contribution is 0.0659. The summed E-state index contributed by atoms with van der Waals surface area (Å²) in [7, 11) is 0. The Morgan fingerprint density at radius 1 is 1.28 bits per heavy atom. The maximum atomic E-state index is 13.5. The van der Waals surface area contributed by atoms with E-state index in [1.165, 1.54) is 4.90 Å². The highest BCUT2D eigenvalue weighted by Gasteiger charge is 2.24. The van der Waals surface area contributed by atoms with Gasteiger partial charge in [-0.2, -0.15) is 0 Å². The van der Waals surface area contributed by atoms with E-state index in [0.717, 1.165) is 6.07 Å². The highest BCUT2D eigenvalue weighted by atomic mass is 19.2. The van der Waals surface area contributed by atoms with E-state index in [2.05, 4.69) is 0 Å². The number of rotatable bonds is 4. The van der Waals surface area contributed by atoms with Crippen LogP contribution in [0.1, 0.15) is 24.2 Å². The fourth-order valence-corrected chi connectivity index (χ4v) is 1.55. The second-order valence-electron chi connectivity index (χ2n) is 4.04. The molecule has 0 radical (unpaired) electrons. The summed E-state index contributed by atoms with van der Waals surface area (Å²) in [6.45, 7) is 3.04. The summed E-state index contributed by atoms with van der Waals surface area (Å²) in [5.41, 5.74) is -0.545. The molecule has 6 heteroatoms. The summed E-state index contributed by atoms with van der Waals surface area (Å²) >= 11 is 0. The van der Waals surface area contributed by atoms with Crippen LogP contribution in [0.5, 0.6) is 0 Å². The molecule has 3 nitrogen and oxygen atoms in total. The molecule has 18 heavy (non-hydrogen) atoms. The van der Waals surface area contributed by atoms with Crippen LogP contribution < -0.4 is 0 Å². The second kappa shape index (κ2) is 5.86. The summed E-state index contributed by atoms with van der Waals surface area (Å²) < 4.78 is 39.2. The molecule has 100 valence electrons. The van der Waals surface area contributed by atoms with Crippen LogP contribution in [0, 0.1) is 17.5 Å². The maximum absolute atomic E-state index is 13.5. The lowest BCUT2D eigenvalue weighted by Gasteiger charge is -2.26. The van der Waals surface area contributed by atoms with Gasteiger partial charge in [-0.15, -0.1) is 0 Å². The van der Waals surface area contributed by atoms with E-state index < -0.39 is 28.9 Å². The Hall–Kier alpha value is -1.56. The van der Waals surface area contributed by atoms with Gasteiger partial charge in [-0.1, -0.05) is 0 Å². The molecule has 0 saturated carbocycles. The molecule has 0 bridgehead atoms. The molecule has 0 aliphatic heterocycles. The minimum Gasteiger partial charge on any atom is -0.395 e. The normalized spacial score (nSPS) is 10.8. The number of nitrogens with zero attached hydrogens (tertiary/aromatic N) is 1. The third kappa shape index (κ3) is 2.81. The van der Waals surface area contributed by atoms with Crippen molar-refractivity contribution in [3.63, 3.8) is 0 Å². The molecule has 0 heterocycles. The molecular formula is C12H14F3NO2. The third-order valence-corrected chi connectivity index (χ3v) is 2.49. The van der Waals surface area contributed by atoms with E-state index in [-0.39, 0.29) is 19.2 Å². The van der Waals surface area contributed by atoms with Gasteiger partial charge in [0.1, 0.15) is 0 Å². The zero-order chi connectivity index (χ0) is 13.9. The van der Waals surface area contributed by atoms with Crippen LogP contribution >= 0.6 is 0 Å². The average molecular weight is 261 g/mol. The lowest BCUT2D eigenvalue weighted by atomic mass is 10.1. The molecule has 0 unspecified atom stereocenters. The summed E-state index contributed by atoms with van der Waals surface area (Å²) in [6, 6.07) is 1.29. The van der Waals surface area contributed by atoms with Crippen molar-refractivity contribution in [1.29, 1.82) is 0 Å². The van der Waals surface area contributed by atoms with Gasteiger partial charge < -0.3 is 10.0 Å². The third-order valence-electron chi connectivity index (χ3n) is 2.49. The zero-order valence-corrected chi connectivity index (χ0v) is 10.1. The monoisotopic (exact) mass is 261 g/mol. The van der Waals surface area contributed by atoms with Crippen LogP contribution in [-0.2, 0) is 0 Å². The largest absolute Gasteiger partial charge is 0.395 e. The van der Waals surface area contributed by atoms with Gasteiger partial charge in [0.05, 0.1) is 12.2 Å². The van der Waals surface area contributed by atoms with Gasteiger partial charge in [0.25, 0.3) is 5.91 Å². The van der Waals surface area contributed by atoms with Crippen molar-refractivity contribution in [2.45, 2.75) is 19.9 Å². The van der Waals surface area contributed by atoms with Crippen LogP contribution in [0.3, 0.4) is 0 Å². The first-order chi connectivity index (χ1) is 8.40. The fraction of sp³-hybridized carbons (Fsp3) is 0.417. The molecular weight excluding hydrogens is 247 g/mol. The highest BCUT2D eigenvalue weighted by molar-refractivity contribution is 5.94. The fourth-order valence-electron chi connectivity index (χ4n) is 1.55. The lowest BCUT2D eigenvalue weighted by Crippen LogP contribution is -2.39. The number of hydrogen-bond acceptors (Lipinski definition) is 2. The number of aliphatic hydroxyl groups excluding tert-OH is 1. The Balaban J connectivity index is 3.13. The van der Waals surface area contributed by atoms with Crippen LogP contribution in [0.2, 0.25) is 0 Å². The minimum atomic E-state index is -1.67. The summed E-state index contributed by atoms with van der Waals surface area (Å²) in [4.78, 5) is 13.1. The van der Waals surface area contributed by atoms with Crippen molar-refractivity contribution >= 4 is 5.91 Å². The van der Waals surface area contributed by atoms with E-state index in [0.29, 0.717) is 6.07 Å². The molecule has 0 atom stereocenters. The predicted octanol–water partition coefficient (Wildman–Crippen LogP) is 1.95. The molecule has 0 spiro atoms. The van der Waals surface area contributed by atoms with Gasteiger partial charge in [-0.3, -0.25) is 4.79 Å². The van der Waals surface area contributed by atoms with Crippen molar-refractivity contribution in [2.75, 3.05) is 13.2 Å². The number of benzene rings is 1. The van der Waals surface area contributed by atoms with Gasteiger partial charge in [0.15, 0.2) is 17.5 Å². The first kappa shape index (κ1) is 14.5. The first-order valence-corrected chi connectivity index (χ1v) is 5.45. The minimum absolute atomic E-state index is 0.00502. The molecule has 1 rings (SSSR count). The van der Waals surface area contributed by atoms with Gasteiger partial charge in [-0.25, -0.2) is 13.2 Å². The van der Waals surface area contributed by atoms with Gasteiger partial charge in [0, 0.05) is 12.6 Å². The van der Waals surface area contributed by atoms with E-state index in [1.807, 2.05) is 0 Å². The number of carbonyl (C=O) groups excluding carboxylic acids is 1. The number of amides is 1. The van der Waals surface area contributed by atoms with Crippen LogP contribution in [0.25, 0.3) is 0 Å². The number of hydrogen-bond donors (Lipinski definition) is 1. The summed E-state index contributed by atoms with van der Waals surface area (Å²) in [5, 5.41) is 8.83. The Morgan fingerprint density at radius 2 is 1.89 bits per heavy atom. The van der Waals surface area contributed by atoms with Crippen LogP contribution in [0.15, 0.2) is 12.1 Å². The van der Waals surface area contributed by atoms with E-state index >= 15 is 0 Å². The van der Waals surface area contributed by atoms with Crippen molar-refractivity contribution < 1.29 is 23.1 Å². The van der Waals surface area contributed by atoms with Crippen molar-refractivity contribution in [2.24, 2.45) is 0 Å². The van der Waals surface area contributed by atoms with Crippen LogP contribution in [0.4, 0.5) is 13.2 Å². The number of aliphatic hydroxyl groups is 1. The summed E-state index contributed by atoms with van der Waals surface area (Å²) in [5.74, 6) is -5.31. The standard InChI is InChI=1S/C12H14F3NO2/c1-7(2)16(5-6-17)12(18)8-3-4-9(13)11(15)10(8)14/h3-4,7,17H,5-6H2,1-2H3. The molecule has 1 aromatic carbocycles. The zero-order valence-electron chi connectivity index (χ0n) is 10.1. The average Bonchev–Trinajstić information content (AvgIpc) is 2.32.